The summed E-state index contributed by atoms with van der Waals surface area (Å²) in [6.45, 7) is 0. The minimum absolute atomic E-state index is 0.0894. The summed E-state index contributed by atoms with van der Waals surface area (Å²) in [4.78, 5) is 28.5. The van der Waals surface area contributed by atoms with Gasteiger partial charge in [-0.2, -0.15) is 0 Å². The lowest BCUT2D eigenvalue weighted by molar-refractivity contribution is -0.129. The molecular weight excluding hydrogens is 365 g/mol. The van der Waals surface area contributed by atoms with Crippen LogP contribution < -0.4 is 10.9 Å². The molecule has 7 heteroatoms. The Labute approximate surface area is 161 Å². The number of hydrazine groups is 1. The van der Waals surface area contributed by atoms with Crippen LogP contribution in [0.1, 0.15) is 37.8 Å². The number of hydrogen-bond acceptors (Lipinski definition) is 4. The predicted octanol–water partition coefficient (Wildman–Crippen LogP) is 3.47. The van der Waals surface area contributed by atoms with Crippen LogP contribution >= 0.6 is 11.3 Å². The number of fused-ring (bicyclic) bond motifs is 2. The zero-order valence-corrected chi connectivity index (χ0v) is 15.7. The van der Waals surface area contributed by atoms with Gasteiger partial charge in [-0.15, -0.1) is 11.3 Å². The Morgan fingerprint density at radius 3 is 2.59 bits per heavy atom. The highest BCUT2D eigenvalue weighted by Gasteiger charge is 2.40. The highest BCUT2D eigenvalue weighted by Crippen LogP contribution is 2.49. The molecule has 2 bridgehead atoms. The van der Waals surface area contributed by atoms with Gasteiger partial charge in [0.1, 0.15) is 10.8 Å². The van der Waals surface area contributed by atoms with Gasteiger partial charge in [-0.05, 0) is 61.3 Å². The van der Waals surface area contributed by atoms with E-state index in [-0.39, 0.29) is 24.1 Å². The predicted molar refractivity (Wildman–Crippen MR) is 101 cm³/mol. The van der Waals surface area contributed by atoms with E-state index in [9.17, 15) is 14.0 Å². The van der Waals surface area contributed by atoms with E-state index in [4.69, 9.17) is 0 Å². The Hall–Kier alpha value is -2.28. The number of rotatable bonds is 5. The third kappa shape index (κ3) is 4.35. The fraction of sp³-hybridized carbons (Fsp3) is 0.450. The highest BCUT2D eigenvalue weighted by molar-refractivity contribution is 7.13. The van der Waals surface area contributed by atoms with Crippen molar-refractivity contribution in [2.45, 2.75) is 38.5 Å². The second-order valence-corrected chi connectivity index (χ2v) is 8.42. The van der Waals surface area contributed by atoms with E-state index in [0.717, 1.165) is 22.9 Å². The van der Waals surface area contributed by atoms with Crippen LogP contribution in [0.2, 0.25) is 0 Å². The maximum atomic E-state index is 13.0. The Morgan fingerprint density at radius 1 is 1.11 bits per heavy atom. The number of amides is 2. The molecule has 3 atom stereocenters. The number of halogens is 1. The zero-order valence-electron chi connectivity index (χ0n) is 14.9. The van der Waals surface area contributed by atoms with Crippen molar-refractivity contribution in [3.63, 3.8) is 0 Å². The molecule has 0 spiro atoms. The molecule has 2 amide bonds. The number of benzene rings is 1. The summed E-state index contributed by atoms with van der Waals surface area (Å²) in [6.07, 6.45) is 5.56. The molecular formula is C20H22FN3O2S. The second kappa shape index (κ2) is 7.76. The lowest BCUT2D eigenvalue weighted by Crippen LogP contribution is -2.43. The summed E-state index contributed by atoms with van der Waals surface area (Å²) < 4.78 is 13.0. The first-order valence-electron chi connectivity index (χ1n) is 9.35. The van der Waals surface area contributed by atoms with E-state index < -0.39 is 0 Å². The number of carbonyl (C=O) groups is 2. The number of carbonyl (C=O) groups excluding carboxylic acids is 2. The molecule has 0 aliphatic heterocycles. The molecule has 0 radical (unpaired) electrons. The van der Waals surface area contributed by atoms with Gasteiger partial charge in [-0.1, -0.05) is 6.42 Å². The molecule has 2 aliphatic rings. The third-order valence-electron chi connectivity index (χ3n) is 5.66. The first-order chi connectivity index (χ1) is 13.1. The van der Waals surface area contributed by atoms with E-state index in [1.54, 1.807) is 17.5 Å². The van der Waals surface area contributed by atoms with Gasteiger partial charge in [0, 0.05) is 17.4 Å². The van der Waals surface area contributed by atoms with Crippen molar-refractivity contribution in [3.8, 4) is 10.6 Å². The molecule has 4 rings (SSSR count). The number of hydrogen-bond donors (Lipinski definition) is 2. The van der Waals surface area contributed by atoms with Gasteiger partial charge in [0.15, 0.2) is 0 Å². The minimum atomic E-state index is -0.299. The molecule has 1 aromatic carbocycles. The molecule has 1 heterocycles. The molecule has 27 heavy (non-hydrogen) atoms. The Balaban J connectivity index is 1.23. The van der Waals surface area contributed by atoms with Gasteiger partial charge < -0.3 is 0 Å². The summed E-state index contributed by atoms with van der Waals surface area (Å²) in [5, 5.41) is 2.54. The first-order valence-corrected chi connectivity index (χ1v) is 10.2. The second-order valence-electron chi connectivity index (χ2n) is 7.56. The minimum Gasteiger partial charge on any atom is -0.273 e. The van der Waals surface area contributed by atoms with Crippen molar-refractivity contribution in [3.05, 3.63) is 41.2 Å². The molecule has 5 nitrogen and oxygen atoms in total. The SMILES string of the molecule is O=C(Cc1csc(-c2ccc(F)cc2)n1)NNC(=O)C[C@H]1C[C@H]2CC[C@@H]1C2. The maximum Gasteiger partial charge on any atom is 0.244 e. The van der Waals surface area contributed by atoms with Crippen LogP contribution in [-0.2, 0) is 16.0 Å². The molecule has 2 aromatic rings. The van der Waals surface area contributed by atoms with Crippen LogP contribution in [0.15, 0.2) is 29.6 Å². The first kappa shape index (κ1) is 18.1. The number of nitrogens with one attached hydrogen (secondary N) is 2. The van der Waals surface area contributed by atoms with Crippen LogP contribution in [0.4, 0.5) is 4.39 Å². The normalized spacial score (nSPS) is 23.4. The average Bonchev–Trinajstić information content (AvgIpc) is 3.38. The molecule has 0 saturated heterocycles. The lowest BCUT2D eigenvalue weighted by atomic mass is 9.86. The standard InChI is InChI=1S/C20H22FN3O2S/c21-16-5-3-13(4-6-16)20-22-17(11-27-20)10-19(26)24-23-18(25)9-15-8-12-1-2-14(15)7-12/h3-6,11-12,14-15H,1-2,7-10H2,(H,23,25)(H,24,26)/t12-,14+,15+/m0/s1. The van der Waals surface area contributed by atoms with Gasteiger partial charge in [-0.25, -0.2) is 9.37 Å². The van der Waals surface area contributed by atoms with Gasteiger partial charge in [-0.3, -0.25) is 20.4 Å². The average molecular weight is 387 g/mol. The maximum absolute atomic E-state index is 13.0. The van der Waals surface area contributed by atoms with E-state index in [2.05, 4.69) is 15.8 Å². The van der Waals surface area contributed by atoms with Crippen LogP contribution in [0.5, 0.6) is 0 Å². The lowest BCUT2D eigenvalue weighted by Gasteiger charge is -2.20. The summed E-state index contributed by atoms with van der Waals surface area (Å²) >= 11 is 1.40. The molecule has 0 unspecified atom stereocenters. The summed E-state index contributed by atoms with van der Waals surface area (Å²) in [7, 11) is 0. The van der Waals surface area contributed by atoms with Gasteiger partial charge in [0.05, 0.1) is 12.1 Å². The number of thiazole rings is 1. The van der Waals surface area contributed by atoms with Crippen LogP contribution in [0.25, 0.3) is 10.6 Å². The molecule has 2 fully saturated rings. The highest BCUT2D eigenvalue weighted by atomic mass is 32.1. The van der Waals surface area contributed by atoms with E-state index >= 15 is 0 Å². The fourth-order valence-corrected chi connectivity index (χ4v) is 5.20. The zero-order chi connectivity index (χ0) is 18.8. The van der Waals surface area contributed by atoms with Crippen LogP contribution in [0.3, 0.4) is 0 Å². The van der Waals surface area contributed by atoms with Gasteiger partial charge >= 0.3 is 0 Å². The van der Waals surface area contributed by atoms with Crippen molar-refractivity contribution in [2.75, 3.05) is 0 Å². The van der Waals surface area contributed by atoms with Crippen LogP contribution in [-0.4, -0.2) is 16.8 Å². The smallest absolute Gasteiger partial charge is 0.244 e. The number of aromatic nitrogens is 1. The molecule has 1 aromatic heterocycles. The Morgan fingerprint density at radius 2 is 1.89 bits per heavy atom. The third-order valence-corrected chi connectivity index (χ3v) is 6.60. The van der Waals surface area contributed by atoms with E-state index in [1.165, 1.54) is 42.7 Å². The van der Waals surface area contributed by atoms with E-state index in [1.807, 2.05) is 0 Å². The monoisotopic (exact) mass is 387 g/mol. The van der Waals surface area contributed by atoms with Crippen molar-refractivity contribution in [2.24, 2.45) is 17.8 Å². The molecule has 2 saturated carbocycles. The quantitative estimate of drug-likeness (QED) is 0.772. The Kier molecular flexibility index (Phi) is 5.20. The molecule has 2 N–H and O–H groups in total. The van der Waals surface area contributed by atoms with Crippen molar-refractivity contribution >= 4 is 23.2 Å². The number of nitrogens with zero attached hydrogens (tertiary/aromatic N) is 1. The Bertz CT molecular complexity index is 836. The van der Waals surface area contributed by atoms with Gasteiger partial charge in [0.2, 0.25) is 11.8 Å². The molecule has 142 valence electrons. The van der Waals surface area contributed by atoms with Crippen LogP contribution in [0, 0.1) is 23.6 Å². The topological polar surface area (TPSA) is 71.1 Å². The van der Waals surface area contributed by atoms with Crippen molar-refractivity contribution in [1.29, 1.82) is 0 Å². The van der Waals surface area contributed by atoms with Gasteiger partial charge in [0.25, 0.3) is 0 Å². The summed E-state index contributed by atoms with van der Waals surface area (Å²) in [6, 6.07) is 6.09. The van der Waals surface area contributed by atoms with Crippen molar-refractivity contribution < 1.29 is 14.0 Å². The van der Waals surface area contributed by atoms with Crippen molar-refractivity contribution in [1.82, 2.24) is 15.8 Å². The summed E-state index contributed by atoms with van der Waals surface area (Å²) in [5.41, 5.74) is 6.45. The summed E-state index contributed by atoms with van der Waals surface area (Å²) in [5.74, 6) is 1.26. The largest absolute Gasteiger partial charge is 0.273 e. The fourth-order valence-electron chi connectivity index (χ4n) is 4.38. The molecule has 2 aliphatic carbocycles. The van der Waals surface area contributed by atoms with E-state index in [0.29, 0.717) is 24.0 Å².